The summed E-state index contributed by atoms with van der Waals surface area (Å²) in [5.41, 5.74) is 3.07. The van der Waals surface area contributed by atoms with Crippen molar-refractivity contribution < 1.29 is 9.57 Å². The Kier molecular flexibility index (Phi) is 4.99. The SMILES string of the molecule is COCCONC1CCSC1C. The predicted octanol–water partition coefficient (Wildman–Crippen LogP) is 1.05. The van der Waals surface area contributed by atoms with Crippen LogP contribution in [-0.2, 0) is 9.57 Å². The molecular formula is C8H17NO2S. The van der Waals surface area contributed by atoms with E-state index in [4.69, 9.17) is 9.57 Å². The molecule has 0 radical (unpaired) electrons. The van der Waals surface area contributed by atoms with Crippen molar-refractivity contribution in [2.45, 2.75) is 24.6 Å². The summed E-state index contributed by atoms with van der Waals surface area (Å²) < 4.78 is 4.86. The number of nitrogens with one attached hydrogen (secondary N) is 1. The molecule has 1 rings (SSSR count). The molecule has 1 fully saturated rings. The first-order valence-corrected chi connectivity index (χ1v) is 5.37. The lowest BCUT2D eigenvalue weighted by atomic mass is 10.2. The average Bonchev–Trinajstić information content (AvgIpc) is 2.46. The van der Waals surface area contributed by atoms with E-state index in [9.17, 15) is 0 Å². The van der Waals surface area contributed by atoms with E-state index in [1.54, 1.807) is 7.11 Å². The van der Waals surface area contributed by atoms with Crippen LogP contribution in [0.15, 0.2) is 0 Å². The quantitative estimate of drug-likeness (QED) is 0.520. The Morgan fingerprint density at radius 3 is 2.92 bits per heavy atom. The van der Waals surface area contributed by atoms with Gasteiger partial charge in [0.2, 0.25) is 0 Å². The summed E-state index contributed by atoms with van der Waals surface area (Å²) in [4.78, 5) is 5.24. The summed E-state index contributed by atoms with van der Waals surface area (Å²) in [6.07, 6.45) is 1.21. The van der Waals surface area contributed by atoms with Crippen LogP contribution in [0.1, 0.15) is 13.3 Å². The standard InChI is InChI=1S/C8H17NO2S/c1-7-8(3-6-12-7)9-11-5-4-10-2/h7-9H,3-6H2,1-2H3. The van der Waals surface area contributed by atoms with Gasteiger partial charge >= 0.3 is 0 Å². The normalized spacial score (nSPS) is 29.5. The molecule has 0 bridgehead atoms. The van der Waals surface area contributed by atoms with Crippen LogP contribution < -0.4 is 5.48 Å². The maximum absolute atomic E-state index is 5.24. The van der Waals surface area contributed by atoms with Gasteiger partial charge in [-0.1, -0.05) is 6.92 Å². The predicted molar refractivity (Wildman–Crippen MR) is 51.3 cm³/mol. The van der Waals surface area contributed by atoms with E-state index < -0.39 is 0 Å². The van der Waals surface area contributed by atoms with E-state index in [1.165, 1.54) is 12.2 Å². The van der Waals surface area contributed by atoms with Crippen LogP contribution in [0.4, 0.5) is 0 Å². The Hall–Kier alpha value is 0.230. The van der Waals surface area contributed by atoms with Crippen LogP contribution in [0.5, 0.6) is 0 Å². The minimum Gasteiger partial charge on any atom is -0.382 e. The summed E-state index contributed by atoms with van der Waals surface area (Å²) >= 11 is 2.00. The Morgan fingerprint density at radius 1 is 1.50 bits per heavy atom. The van der Waals surface area contributed by atoms with Crippen LogP contribution in [0.25, 0.3) is 0 Å². The topological polar surface area (TPSA) is 30.5 Å². The van der Waals surface area contributed by atoms with E-state index in [2.05, 4.69) is 12.4 Å². The van der Waals surface area contributed by atoms with Gasteiger partial charge in [-0.25, -0.2) is 0 Å². The Labute approximate surface area is 78.1 Å². The molecule has 1 aliphatic rings. The number of methoxy groups -OCH3 is 1. The van der Waals surface area contributed by atoms with E-state index in [0.717, 1.165) is 0 Å². The lowest BCUT2D eigenvalue weighted by Gasteiger charge is -2.15. The summed E-state index contributed by atoms with van der Waals surface area (Å²) in [6, 6.07) is 0.520. The van der Waals surface area contributed by atoms with Crippen molar-refractivity contribution >= 4 is 11.8 Å². The maximum Gasteiger partial charge on any atom is 0.0916 e. The summed E-state index contributed by atoms with van der Waals surface area (Å²) in [5.74, 6) is 1.24. The molecule has 0 aromatic carbocycles. The fraction of sp³-hybridized carbons (Fsp3) is 1.00. The van der Waals surface area contributed by atoms with Crippen LogP contribution >= 0.6 is 11.8 Å². The molecule has 0 aromatic rings. The smallest absolute Gasteiger partial charge is 0.0916 e. The van der Waals surface area contributed by atoms with Crippen LogP contribution in [0, 0.1) is 0 Å². The summed E-state index contributed by atoms with van der Waals surface area (Å²) in [5, 5.41) is 0.674. The highest BCUT2D eigenvalue weighted by Crippen LogP contribution is 2.25. The fourth-order valence-corrected chi connectivity index (χ4v) is 2.36. The molecule has 1 saturated heterocycles. The molecule has 1 N–H and O–H groups in total. The molecular weight excluding hydrogens is 174 g/mol. The average molecular weight is 191 g/mol. The minimum absolute atomic E-state index is 0.520. The number of ether oxygens (including phenoxy) is 1. The van der Waals surface area contributed by atoms with Crippen molar-refractivity contribution in [3.63, 3.8) is 0 Å². The van der Waals surface area contributed by atoms with Crippen LogP contribution in [0.2, 0.25) is 0 Å². The monoisotopic (exact) mass is 191 g/mol. The van der Waals surface area contributed by atoms with Crippen molar-refractivity contribution in [2.24, 2.45) is 0 Å². The third-order valence-electron chi connectivity index (χ3n) is 2.00. The number of hydroxylamine groups is 1. The first kappa shape index (κ1) is 10.3. The van der Waals surface area contributed by atoms with Gasteiger partial charge in [0, 0.05) is 18.4 Å². The van der Waals surface area contributed by atoms with Gasteiger partial charge in [0.25, 0.3) is 0 Å². The number of hydrogen-bond donors (Lipinski definition) is 1. The third kappa shape index (κ3) is 3.31. The van der Waals surface area contributed by atoms with Crippen molar-refractivity contribution in [3.8, 4) is 0 Å². The van der Waals surface area contributed by atoms with E-state index in [-0.39, 0.29) is 0 Å². The lowest BCUT2D eigenvalue weighted by molar-refractivity contribution is -0.0108. The van der Waals surface area contributed by atoms with Crippen molar-refractivity contribution in [3.05, 3.63) is 0 Å². The molecule has 72 valence electrons. The number of hydrogen-bond acceptors (Lipinski definition) is 4. The van der Waals surface area contributed by atoms with Gasteiger partial charge in [0.05, 0.1) is 13.2 Å². The molecule has 0 saturated carbocycles. The van der Waals surface area contributed by atoms with Gasteiger partial charge < -0.3 is 4.74 Å². The highest BCUT2D eigenvalue weighted by atomic mass is 32.2. The van der Waals surface area contributed by atoms with Crippen molar-refractivity contribution in [2.75, 3.05) is 26.1 Å². The molecule has 2 atom stereocenters. The molecule has 4 heteroatoms. The van der Waals surface area contributed by atoms with Gasteiger partial charge in [-0.2, -0.15) is 17.2 Å². The molecule has 0 spiro atoms. The Morgan fingerprint density at radius 2 is 2.33 bits per heavy atom. The van der Waals surface area contributed by atoms with Gasteiger partial charge in [0.15, 0.2) is 0 Å². The van der Waals surface area contributed by atoms with Crippen molar-refractivity contribution in [1.29, 1.82) is 0 Å². The third-order valence-corrected chi connectivity index (χ3v) is 3.33. The highest BCUT2D eigenvalue weighted by Gasteiger charge is 2.23. The Bertz CT molecular complexity index is 124. The molecule has 12 heavy (non-hydrogen) atoms. The first-order valence-electron chi connectivity index (χ1n) is 4.32. The second kappa shape index (κ2) is 5.80. The van der Waals surface area contributed by atoms with Crippen LogP contribution in [-0.4, -0.2) is 37.4 Å². The zero-order chi connectivity index (χ0) is 8.81. The molecule has 2 unspecified atom stereocenters. The van der Waals surface area contributed by atoms with Gasteiger partial charge in [-0.3, -0.25) is 4.84 Å². The maximum atomic E-state index is 5.24. The van der Waals surface area contributed by atoms with E-state index >= 15 is 0 Å². The first-order chi connectivity index (χ1) is 5.84. The largest absolute Gasteiger partial charge is 0.382 e. The second-order valence-electron chi connectivity index (χ2n) is 2.93. The van der Waals surface area contributed by atoms with Crippen molar-refractivity contribution in [1.82, 2.24) is 5.48 Å². The van der Waals surface area contributed by atoms with E-state index in [1.807, 2.05) is 11.8 Å². The Balaban J connectivity index is 1.98. The zero-order valence-corrected chi connectivity index (χ0v) is 8.52. The summed E-state index contributed by atoms with van der Waals surface area (Å²) in [6.45, 7) is 3.51. The molecule has 0 amide bonds. The summed E-state index contributed by atoms with van der Waals surface area (Å²) in [7, 11) is 1.68. The van der Waals surface area contributed by atoms with E-state index in [0.29, 0.717) is 24.5 Å². The number of thioether (sulfide) groups is 1. The lowest BCUT2D eigenvalue weighted by Crippen LogP contribution is -2.34. The fourth-order valence-electron chi connectivity index (χ4n) is 1.18. The number of rotatable bonds is 5. The van der Waals surface area contributed by atoms with Gasteiger partial charge in [-0.15, -0.1) is 0 Å². The van der Waals surface area contributed by atoms with Gasteiger partial charge in [0.1, 0.15) is 0 Å². The minimum atomic E-state index is 0.520. The zero-order valence-electron chi connectivity index (χ0n) is 7.71. The molecule has 0 aliphatic carbocycles. The highest BCUT2D eigenvalue weighted by molar-refractivity contribution is 8.00. The molecule has 1 aliphatic heterocycles. The van der Waals surface area contributed by atoms with Crippen LogP contribution in [0.3, 0.4) is 0 Å². The van der Waals surface area contributed by atoms with Gasteiger partial charge in [-0.05, 0) is 12.2 Å². The molecule has 1 heterocycles. The molecule has 3 nitrogen and oxygen atoms in total. The molecule has 0 aromatic heterocycles. The second-order valence-corrected chi connectivity index (χ2v) is 4.42.